The van der Waals surface area contributed by atoms with Crippen LogP contribution in [0.5, 0.6) is 5.75 Å². The predicted molar refractivity (Wildman–Crippen MR) is 108 cm³/mol. The van der Waals surface area contributed by atoms with Crippen molar-refractivity contribution in [2.24, 2.45) is 0 Å². The summed E-state index contributed by atoms with van der Waals surface area (Å²) in [5, 5.41) is 2.86. The molecule has 27 heavy (non-hydrogen) atoms. The number of rotatable bonds is 5. The number of pyridine rings is 1. The number of carbonyl (C=O) groups is 1. The van der Waals surface area contributed by atoms with Crippen molar-refractivity contribution in [3.05, 3.63) is 94.9 Å². The first-order valence-electron chi connectivity index (χ1n) is 8.40. The Balaban J connectivity index is 1.38. The number of imidazole rings is 1. The summed E-state index contributed by atoms with van der Waals surface area (Å²) < 4.78 is 8.69. The lowest BCUT2D eigenvalue weighted by Crippen LogP contribution is -2.11. The predicted octanol–water partition coefficient (Wildman–Crippen LogP) is 4.93. The van der Waals surface area contributed by atoms with E-state index in [1.54, 1.807) is 24.3 Å². The molecule has 0 saturated heterocycles. The molecule has 1 N–H and O–H groups in total. The zero-order valence-corrected chi connectivity index (χ0v) is 15.9. The summed E-state index contributed by atoms with van der Waals surface area (Å²) in [5.41, 5.74) is 3.04. The van der Waals surface area contributed by atoms with Crippen molar-refractivity contribution in [3.63, 3.8) is 0 Å². The Kier molecular flexibility index (Phi) is 4.89. The second-order valence-electron chi connectivity index (χ2n) is 5.97. The summed E-state index contributed by atoms with van der Waals surface area (Å²) in [6.45, 7) is 0.367. The average Bonchev–Trinajstić information content (AvgIpc) is 3.11. The van der Waals surface area contributed by atoms with Crippen molar-refractivity contribution in [3.8, 4) is 5.75 Å². The van der Waals surface area contributed by atoms with Crippen LogP contribution in [0.3, 0.4) is 0 Å². The van der Waals surface area contributed by atoms with Crippen LogP contribution in [-0.4, -0.2) is 15.3 Å². The number of nitrogens with zero attached hydrogens (tertiary/aromatic N) is 2. The van der Waals surface area contributed by atoms with Gasteiger partial charge in [0.1, 0.15) is 18.0 Å². The van der Waals surface area contributed by atoms with Gasteiger partial charge in [0.25, 0.3) is 5.91 Å². The molecule has 1 amide bonds. The summed E-state index contributed by atoms with van der Waals surface area (Å²) in [4.78, 5) is 16.8. The highest BCUT2D eigenvalue weighted by atomic mass is 79.9. The highest BCUT2D eigenvalue weighted by Crippen LogP contribution is 2.17. The maximum absolute atomic E-state index is 12.3. The number of benzene rings is 2. The highest BCUT2D eigenvalue weighted by Gasteiger charge is 2.07. The molecule has 0 bridgehead atoms. The van der Waals surface area contributed by atoms with E-state index in [1.807, 2.05) is 59.3 Å². The Hall–Kier alpha value is -3.12. The summed E-state index contributed by atoms with van der Waals surface area (Å²) in [6, 6.07) is 20.4. The van der Waals surface area contributed by atoms with Gasteiger partial charge in [0, 0.05) is 28.1 Å². The van der Waals surface area contributed by atoms with Gasteiger partial charge in [-0.25, -0.2) is 4.98 Å². The SMILES string of the molecule is O=C(Nc1ccc(Br)cc1)c1ccc(OCc2cn3ccccc3n2)cc1. The van der Waals surface area contributed by atoms with Gasteiger partial charge in [-0.15, -0.1) is 0 Å². The van der Waals surface area contributed by atoms with Crippen molar-refractivity contribution in [1.29, 1.82) is 0 Å². The van der Waals surface area contributed by atoms with Crippen molar-refractivity contribution >= 4 is 33.2 Å². The highest BCUT2D eigenvalue weighted by molar-refractivity contribution is 9.10. The van der Waals surface area contributed by atoms with Crippen molar-refractivity contribution in [2.75, 3.05) is 5.32 Å². The molecule has 0 saturated carbocycles. The number of amides is 1. The lowest BCUT2D eigenvalue weighted by molar-refractivity contribution is 0.102. The van der Waals surface area contributed by atoms with E-state index < -0.39 is 0 Å². The third kappa shape index (κ3) is 4.17. The van der Waals surface area contributed by atoms with Crippen LogP contribution in [-0.2, 0) is 6.61 Å². The normalized spacial score (nSPS) is 10.7. The fourth-order valence-electron chi connectivity index (χ4n) is 2.65. The third-order valence-corrected chi connectivity index (χ3v) is 4.55. The second kappa shape index (κ2) is 7.63. The second-order valence-corrected chi connectivity index (χ2v) is 6.89. The first kappa shape index (κ1) is 17.3. The van der Waals surface area contributed by atoms with Crippen molar-refractivity contribution in [2.45, 2.75) is 6.61 Å². The van der Waals surface area contributed by atoms with E-state index in [1.165, 1.54) is 0 Å². The minimum absolute atomic E-state index is 0.163. The lowest BCUT2D eigenvalue weighted by atomic mass is 10.2. The van der Waals surface area contributed by atoms with E-state index >= 15 is 0 Å². The Morgan fingerprint density at radius 2 is 1.81 bits per heavy atom. The first-order chi connectivity index (χ1) is 13.2. The molecule has 4 rings (SSSR count). The van der Waals surface area contributed by atoms with Crippen LogP contribution in [0.1, 0.15) is 16.1 Å². The quantitative estimate of drug-likeness (QED) is 0.496. The molecule has 4 aromatic rings. The Morgan fingerprint density at radius 1 is 1.04 bits per heavy atom. The van der Waals surface area contributed by atoms with E-state index in [4.69, 9.17) is 4.74 Å². The number of aromatic nitrogens is 2. The van der Waals surface area contributed by atoms with Crippen molar-refractivity contribution < 1.29 is 9.53 Å². The number of hydrogen-bond acceptors (Lipinski definition) is 3. The number of halogens is 1. The maximum atomic E-state index is 12.3. The monoisotopic (exact) mass is 421 g/mol. The van der Waals surface area contributed by atoms with Crippen molar-refractivity contribution in [1.82, 2.24) is 9.38 Å². The number of hydrogen-bond donors (Lipinski definition) is 1. The number of anilines is 1. The van der Waals surface area contributed by atoms with E-state index in [0.717, 1.165) is 21.5 Å². The number of carbonyl (C=O) groups excluding carboxylic acids is 1. The van der Waals surface area contributed by atoms with Crippen LogP contribution in [0.25, 0.3) is 5.65 Å². The van der Waals surface area contributed by atoms with E-state index in [9.17, 15) is 4.79 Å². The van der Waals surface area contributed by atoms with E-state index in [0.29, 0.717) is 17.9 Å². The van der Waals surface area contributed by atoms with Crippen LogP contribution in [0.2, 0.25) is 0 Å². The lowest BCUT2D eigenvalue weighted by Gasteiger charge is -2.07. The van der Waals surface area contributed by atoms with Crippen LogP contribution in [0.4, 0.5) is 5.69 Å². The maximum Gasteiger partial charge on any atom is 0.255 e. The Bertz CT molecular complexity index is 1040. The molecular formula is C21H16BrN3O2. The molecule has 0 aliphatic heterocycles. The molecular weight excluding hydrogens is 406 g/mol. The molecule has 6 heteroatoms. The molecule has 0 fully saturated rings. The van der Waals surface area contributed by atoms with Gasteiger partial charge in [-0.2, -0.15) is 0 Å². The van der Waals surface area contributed by atoms with Gasteiger partial charge in [-0.05, 0) is 60.7 Å². The molecule has 0 radical (unpaired) electrons. The largest absolute Gasteiger partial charge is 0.487 e. The fourth-order valence-corrected chi connectivity index (χ4v) is 2.92. The van der Waals surface area contributed by atoms with Gasteiger partial charge < -0.3 is 14.5 Å². The number of fused-ring (bicyclic) bond motifs is 1. The van der Waals surface area contributed by atoms with Gasteiger partial charge >= 0.3 is 0 Å². The molecule has 134 valence electrons. The van der Waals surface area contributed by atoms with E-state index in [2.05, 4.69) is 26.2 Å². The zero-order chi connectivity index (χ0) is 18.6. The fraction of sp³-hybridized carbons (Fsp3) is 0.0476. The van der Waals surface area contributed by atoms with Crippen LogP contribution >= 0.6 is 15.9 Å². The smallest absolute Gasteiger partial charge is 0.255 e. The first-order valence-corrected chi connectivity index (χ1v) is 9.19. The minimum Gasteiger partial charge on any atom is -0.487 e. The molecule has 5 nitrogen and oxygen atoms in total. The Morgan fingerprint density at radius 3 is 2.56 bits per heavy atom. The van der Waals surface area contributed by atoms with Gasteiger partial charge in [0.05, 0.1) is 5.69 Å². The molecule has 0 aliphatic carbocycles. The topological polar surface area (TPSA) is 55.6 Å². The average molecular weight is 422 g/mol. The van der Waals surface area contributed by atoms with Crippen LogP contribution in [0, 0.1) is 0 Å². The third-order valence-electron chi connectivity index (χ3n) is 4.02. The molecule has 0 spiro atoms. The molecule has 2 heterocycles. The molecule has 0 unspecified atom stereocenters. The van der Waals surface area contributed by atoms with Gasteiger partial charge in [0.15, 0.2) is 0 Å². The summed E-state index contributed by atoms with van der Waals surface area (Å²) in [6.07, 6.45) is 3.89. The molecule has 0 atom stereocenters. The summed E-state index contributed by atoms with van der Waals surface area (Å²) in [7, 11) is 0. The minimum atomic E-state index is -0.163. The van der Waals surface area contributed by atoms with Gasteiger partial charge in [-0.3, -0.25) is 4.79 Å². The number of nitrogens with one attached hydrogen (secondary N) is 1. The molecule has 0 aliphatic rings. The zero-order valence-electron chi connectivity index (χ0n) is 14.3. The molecule has 2 aromatic heterocycles. The number of ether oxygens (including phenoxy) is 1. The standard InChI is InChI=1S/C21H16BrN3O2/c22-16-6-8-17(9-7-16)24-21(26)15-4-10-19(11-5-15)27-14-18-13-25-12-2-1-3-20(25)23-18/h1-13H,14H2,(H,24,26). The molecule has 2 aromatic carbocycles. The van der Waals surface area contributed by atoms with Crippen LogP contribution < -0.4 is 10.1 Å². The van der Waals surface area contributed by atoms with E-state index in [-0.39, 0.29) is 5.91 Å². The van der Waals surface area contributed by atoms with Gasteiger partial charge in [-0.1, -0.05) is 22.0 Å². The summed E-state index contributed by atoms with van der Waals surface area (Å²) in [5.74, 6) is 0.525. The van der Waals surface area contributed by atoms with Crippen LogP contribution in [0.15, 0.2) is 83.6 Å². The summed E-state index contributed by atoms with van der Waals surface area (Å²) >= 11 is 3.37. The van der Waals surface area contributed by atoms with Gasteiger partial charge in [0.2, 0.25) is 0 Å². The Labute approximate surface area is 164 Å².